The number of nitrogens with zero attached hydrogens (tertiary/aromatic N) is 2. The number of anilines is 1. The third-order valence-electron chi connectivity index (χ3n) is 6.31. The van der Waals surface area contributed by atoms with Crippen LogP contribution < -0.4 is 9.64 Å². The molecule has 0 bridgehead atoms. The summed E-state index contributed by atoms with van der Waals surface area (Å²) >= 11 is 3.50. The van der Waals surface area contributed by atoms with Gasteiger partial charge in [-0.3, -0.25) is 4.79 Å². The Bertz CT molecular complexity index is 1130. The molecule has 2 heterocycles. The molecule has 6 nitrogen and oxygen atoms in total. The highest BCUT2D eigenvalue weighted by atomic mass is 79.9. The van der Waals surface area contributed by atoms with Crippen molar-refractivity contribution in [1.82, 2.24) is 4.31 Å². The van der Waals surface area contributed by atoms with Gasteiger partial charge in [0.15, 0.2) is 0 Å². The zero-order valence-electron chi connectivity index (χ0n) is 18.7. The molecule has 0 unspecified atom stereocenters. The molecule has 8 heteroatoms. The standard InChI is InChI=1S/C24H29BrN2O4S/c1-4-31-23-10-8-21(12-16(23)2)32(29,30)26-11-5-6-18(15-26)24(28)27-17(3)13-19-14-20(25)7-9-22(19)27/h7-10,12,14,17-18H,4-6,11,13,15H2,1-3H3/t17-,18-/m1/s1. The zero-order valence-corrected chi connectivity index (χ0v) is 21.1. The molecular weight excluding hydrogens is 492 g/mol. The molecule has 0 saturated carbocycles. The largest absolute Gasteiger partial charge is 0.494 e. The summed E-state index contributed by atoms with van der Waals surface area (Å²) in [5.41, 5.74) is 2.87. The smallest absolute Gasteiger partial charge is 0.243 e. The van der Waals surface area contributed by atoms with Gasteiger partial charge in [0.2, 0.25) is 15.9 Å². The van der Waals surface area contributed by atoms with Crippen molar-refractivity contribution >= 4 is 37.5 Å². The van der Waals surface area contributed by atoms with E-state index in [2.05, 4.69) is 22.0 Å². The molecule has 32 heavy (non-hydrogen) atoms. The third kappa shape index (κ3) is 4.32. The molecule has 2 atom stereocenters. The summed E-state index contributed by atoms with van der Waals surface area (Å²) in [6, 6.07) is 11.0. The Kier molecular flexibility index (Phi) is 6.66. The lowest BCUT2D eigenvalue weighted by atomic mass is 9.97. The quantitative estimate of drug-likeness (QED) is 0.580. The Labute approximate surface area is 198 Å². The number of sulfonamides is 1. The number of hydrogen-bond donors (Lipinski definition) is 0. The summed E-state index contributed by atoms with van der Waals surface area (Å²) < 4.78 is 34.7. The molecule has 1 fully saturated rings. The predicted molar refractivity (Wildman–Crippen MR) is 129 cm³/mol. The molecule has 0 aliphatic carbocycles. The lowest BCUT2D eigenvalue weighted by Crippen LogP contribution is -2.48. The summed E-state index contributed by atoms with van der Waals surface area (Å²) in [7, 11) is -3.69. The molecule has 1 amide bonds. The highest BCUT2D eigenvalue weighted by Gasteiger charge is 2.39. The average molecular weight is 521 g/mol. The number of rotatable bonds is 5. The van der Waals surface area contributed by atoms with E-state index >= 15 is 0 Å². The monoisotopic (exact) mass is 520 g/mol. The van der Waals surface area contributed by atoms with Crippen molar-refractivity contribution < 1.29 is 17.9 Å². The number of carbonyl (C=O) groups is 1. The van der Waals surface area contributed by atoms with Crippen LogP contribution in [0.4, 0.5) is 5.69 Å². The van der Waals surface area contributed by atoms with Crippen molar-refractivity contribution in [3.63, 3.8) is 0 Å². The molecule has 2 aromatic rings. The predicted octanol–water partition coefficient (Wildman–Crippen LogP) is 4.53. The lowest BCUT2D eigenvalue weighted by molar-refractivity contribution is -0.123. The van der Waals surface area contributed by atoms with Gasteiger partial charge in [0.05, 0.1) is 17.4 Å². The number of halogens is 1. The summed E-state index contributed by atoms with van der Waals surface area (Å²) in [6.45, 7) is 6.95. The van der Waals surface area contributed by atoms with Crippen LogP contribution in [0.2, 0.25) is 0 Å². The third-order valence-corrected chi connectivity index (χ3v) is 8.67. The van der Waals surface area contributed by atoms with E-state index in [0.29, 0.717) is 31.7 Å². The van der Waals surface area contributed by atoms with E-state index in [1.807, 2.05) is 37.8 Å². The van der Waals surface area contributed by atoms with Crippen LogP contribution >= 0.6 is 15.9 Å². The Balaban J connectivity index is 1.55. The second kappa shape index (κ2) is 9.15. The fraction of sp³-hybridized carbons (Fsp3) is 0.458. The van der Waals surface area contributed by atoms with Crippen LogP contribution in [0, 0.1) is 12.8 Å². The van der Waals surface area contributed by atoms with Gasteiger partial charge in [-0.15, -0.1) is 0 Å². The van der Waals surface area contributed by atoms with E-state index in [0.717, 1.165) is 27.7 Å². The number of carbonyl (C=O) groups excluding carboxylic acids is 1. The van der Waals surface area contributed by atoms with Crippen molar-refractivity contribution in [3.05, 3.63) is 52.0 Å². The van der Waals surface area contributed by atoms with Gasteiger partial charge in [-0.1, -0.05) is 15.9 Å². The van der Waals surface area contributed by atoms with Crippen LogP contribution in [0.15, 0.2) is 45.8 Å². The van der Waals surface area contributed by atoms with Gasteiger partial charge in [-0.05, 0) is 87.6 Å². The van der Waals surface area contributed by atoms with E-state index in [9.17, 15) is 13.2 Å². The summed E-state index contributed by atoms with van der Waals surface area (Å²) in [4.78, 5) is 15.6. The number of amides is 1. The lowest BCUT2D eigenvalue weighted by Gasteiger charge is -2.34. The van der Waals surface area contributed by atoms with Crippen LogP contribution in [0.1, 0.15) is 37.8 Å². The molecule has 0 spiro atoms. The Morgan fingerprint density at radius 1 is 1.22 bits per heavy atom. The molecule has 2 aromatic carbocycles. The number of aryl methyl sites for hydroxylation is 1. The van der Waals surface area contributed by atoms with Crippen molar-refractivity contribution in [2.45, 2.75) is 51.0 Å². The first-order chi connectivity index (χ1) is 15.2. The van der Waals surface area contributed by atoms with Crippen molar-refractivity contribution in [1.29, 1.82) is 0 Å². The molecule has 0 N–H and O–H groups in total. The molecule has 172 valence electrons. The fourth-order valence-corrected chi connectivity index (χ4v) is 6.76. The minimum atomic E-state index is -3.69. The van der Waals surface area contributed by atoms with Gasteiger partial charge in [0.1, 0.15) is 5.75 Å². The van der Waals surface area contributed by atoms with Crippen LogP contribution in [0.5, 0.6) is 5.75 Å². The van der Waals surface area contributed by atoms with E-state index < -0.39 is 10.0 Å². The van der Waals surface area contributed by atoms with Crippen molar-refractivity contribution in [3.8, 4) is 5.75 Å². The fourth-order valence-electron chi connectivity index (χ4n) is 4.74. The summed E-state index contributed by atoms with van der Waals surface area (Å²) in [6.07, 6.45) is 2.17. The van der Waals surface area contributed by atoms with Gasteiger partial charge in [-0.2, -0.15) is 4.31 Å². The minimum absolute atomic E-state index is 0.0151. The number of hydrogen-bond acceptors (Lipinski definition) is 4. The topological polar surface area (TPSA) is 66.9 Å². The first-order valence-corrected chi connectivity index (χ1v) is 13.3. The molecule has 0 radical (unpaired) electrons. The molecule has 4 rings (SSSR count). The Morgan fingerprint density at radius 3 is 2.72 bits per heavy atom. The normalized spacial score (nSPS) is 21.4. The second-order valence-corrected chi connectivity index (χ2v) is 11.5. The van der Waals surface area contributed by atoms with Gasteiger partial charge in [0, 0.05) is 29.3 Å². The van der Waals surface area contributed by atoms with Crippen LogP contribution in [0.3, 0.4) is 0 Å². The van der Waals surface area contributed by atoms with Gasteiger partial charge < -0.3 is 9.64 Å². The number of fused-ring (bicyclic) bond motifs is 1. The van der Waals surface area contributed by atoms with E-state index in [1.165, 1.54) is 4.31 Å². The maximum absolute atomic E-state index is 13.5. The molecule has 2 aliphatic rings. The highest BCUT2D eigenvalue weighted by molar-refractivity contribution is 9.10. The zero-order chi connectivity index (χ0) is 23.0. The number of piperidine rings is 1. The number of benzene rings is 2. The maximum Gasteiger partial charge on any atom is 0.243 e. The highest BCUT2D eigenvalue weighted by Crippen LogP contribution is 2.36. The van der Waals surface area contributed by atoms with E-state index in [-0.39, 0.29) is 29.3 Å². The first-order valence-electron chi connectivity index (χ1n) is 11.1. The Morgan fingerprint density at radius 2 is 2.00 bits per heavy atom. The summed E-state index contributed by atoms with van der Waals surface area (Å²) in [5.74, 6) is 0.354. The van der Waals surface area contributed by atoms with Crippen LogP contribution in [-0.4, -0.2) is 44.4 Å². The average Bonchev–Trinajstić information content (AvgIpc) is 3.09. The van der Waals surface area contributed by atoms with Crippen LogP contribution in [-0.2, 0) is 21.2 Å². The minimum Gasteiger partial charge on any atom is -0.494 e. The second-order valence-electron chi connectivity index (χ2n) is 8.60. The van der Waals surface area contributed by atoms with E-state index in [1.54, 1.807) is 18.2 Å². The van der Waals surface area contributed by atoms with Crippen molar-refractivity contribution in [2.75, 3.05) is 24.6 Å². The first kappa shape index (κ1) is 23.3. The van der Waals surface area contributed by atoms with Crippen molar-refractivity contribution in [2.24, 2.45) is 5.92 Å². The van der Waals surface area contributed by atoms with Gasteiger partial charge >= 0.3 is 0 Å². The van der Waals surface area contributed by atoms with Crippen LogP contribution in [0.25, 0.3) is 0 Å². The summed E-state index contributed by atoms with van der Waals surface area (Å²) in [5, 5.41) is 0. The molecule has 2 aliphatic heterocycles. The van der Waals surface area contributed by atoms with Gasteiger partial charge in [-0.25, -0.2) is 8.42 Å². The maximum atomic E-state index is 13.5. The molecular formula is C24H29BrN2O4S. The molecule has 1 saturated heterocycles. The van der Waals surface area contributed by atoms with Gasteiger partial charge in [0.25, 0.3) is 0 Å². The molecule has 0 aromatic heterocycles. The number of ether oxygens (including phenoxy) is 1. The Hall–Kier alpha value is -1.90. The SMILES string of the molecule is CCOc1ccc(S(=O)(=O)N2CCC[C@@H](C(=O)N3c4ccc(Br)cc4C[C@H]3C)C2)cc1C. The van der Waals surface area contributed by atoms with E-state index in [4.69, 9.17) is 4.74 Å².